The minimum absolute atomic E-state index is 0.310. The second-order valence-electron chi connectivity index (χ2n) is 15.7. The molecule has 0 unspecified atom stereocenters. The van der Waals surface area contributed by atoms with Crippen molar-refractivity contribution in [2.75, 3.05) is 0 Å². The highest BCUT2D eigenvalue weighted by Gasteiger charge is 2.53. The Labute approximate surface area is 321 Å². The Balaban J connectivity index is 1.10. The zero-order chi connectivity index (χ0) is 36.8. The molecule has 8 aromatic carbocycles. The Bertz CT molecular complexity index is 2850. The summed E-state index contributed by atoms with van der Waals surface area (Å²) in [5.41, 5.74) is 19.6. The molecule has 0 fully saturated rings. The van der Waals surface area contributed by atoms with Crippen LogP contribution >= 0.6 is 0 Å². The first-order valence-electron chi connectivity index (χ1n) is 19.0. The lowest BCUT2D eigenvalue weighted by Gasteiger charge is -2.31. The molecule has 4 aliphatic carbocycles. The van der Waals surface area contributed by atoms with Crippen LogP contribution in [-0.2, 0) is 20.7 Å². The Hall–Kier alpha value is -6.29. The number of rotatable bonds is 2. The largest absolute Gasteiger partial charge is 0.219 e. The summed E-state index contributed by atoms with van der Waals surface area (Å²) in [6, 6.07) is 59.7. The Morgan fingerprint density at radius 3 is 0.927 bits per heavy atom. The summed E-state index contributed by atoms with van der Waals surface area (Å²) in [4.78, 5) is 0.620. The van der Waals surface area contributed by atoms with E-state index in [9.17, 15) is 0 Å². The lowest BCUT2D eigenvalue weighted by molar-refractivity contribution is 0.595. The fourth-order valence-corrected chi connectivity index (χ4v) is 12.2. The van der Waals surface area contributed by atoms with Gasteiger partial charge in [0.15, 0.2) is 0 Å². The molecule has 0 radical (unpaired) electrons. The summed E-state index contributed by atoms with van der Waals surface area (Å²) in [6.45, 7) is 4.28. The number of fused-ring (bicyclic) bond motifs is 20. The van der Waals surface area contributed by atoms with Gasteiger partial charge in [0.1, 0.15) is 0 Å². The van der Waals surface area contributed by atoms with Crippen molar-refractivity contribution in [3.8, 4) is 44.5 Å². The van der Waals surface area contributed by atoms with Gasteiger partial charge < -0.3 is 0 Å². The summed E-state index contributed by atoms with van der Waals surface area (Å²) in [5, 5.41) is 0. The van der Waals surface area contributed by atoms with E-state index in [1.165, 1.54) is 66.8 Å². The predicted octanol–water partition coefficient (Wildman–Crippen LogP) is 11.8. The predicted molar refractivity (Wildman–Crippen MR) is 220 cm³/mol. The van der Waals surface area contributed by atoms with Crippen molar-refractivity contribution in [2.24, 2.45) is 0 Å². The molecule has 0 saturated heterocycles. The fraction of sp³-hybridized carbons (Fsp3) is 0.0769. The van der Waals surface area contributed by atoms with Gasteiger partial charge in [-0.2, -0.15) is 0 Å². The Kier molecular flexibility index (Phi) is 5.92. The molecule has 0 heterocycles. The van der Waals surface area contributed by atoms with Crippen LogP contribution in [0.15, 0.2) is 180 Å². The van der Waals surface area contributed by atoms with E-state index in [1.807, 2.05) is 36.4 Å². The standard InChI is InChI=1S/C52H34O2S/c1-31-19-23-39-41-25-21-33(29-49(41)51(47(39)27-31)43-15-7-3-11-35(43)36-12-4-8-16-44(36)51)55(53,54)34-22-26-42-40-24-20-32(2)28-48(40)52(50(42)30-34)45-17-9-5-13-37(45)38-14-6-10-18-46(38)52/h3-30H,1-2H3. The highest BCUT2D eigenvalue weighted by Crippen LogP contribution is 2.65. The van der Waals surface area contributed by atoms with E-state index in [0.29, 0.717) is 9.79 Å². The SMILES string of the molecule is Cc1ccc2c(c1)C1(c3ccccc3-c3ccccc31)c1cc(S(=O)(=O)c3ccc4c(c3)C3(c5ccccc5-c5ccccc53)c3cc(C)ccc3-4)ccc1-2. The molecule has 0 N–H and O–H groups in total. The zero-order valence-electron chi connectivity index (χ0n) is 30.4. The molecular formula is C52H34O2S. The molecule has 4 aliphatic rings. The first-order valence-corrected chi connectivity index (χ1v) is 20.5. The quantitative estimate of drug-likeness (QED) is 0.178. The van der Waals surface area contributed by atoms with E-state index >= 15 is 8.42 Å². The zero-order valence-corrected chi connectivity index (χ0v) is 31.2. The van der Waals surface area contributed by atoms with Gasteiger partial charge in [-0.05, 0) is 127 Å². The molecule has 0 aromatic heterocycles. The van der Waals surface area contributed by atoms with Crippen LogP contribution < -0.4 is 0 Å². The number of hydrogen-bond donors (Lipinski definition) is 0. The summed E-state index contributed by atoms with van der Waals surface area (Å²) in [5.74, 6) is 0. The molecule has 0 bridgehead atoms. The number of hydrogen-bond acceptors (Lipinski definition) is 2. The molecule has 2 spiro atoms. The third-order valence-electron chi connectivity index (χ3n) is 13.1. The van der Waals surface area contributed by atoms with Gasteiger partial charge in [-0.25, -0.2) is 8.42 Å². The highest BCUT2D eigenvalue weighted by atomic mass is 32.2. The average Bonchev–Trinajstić information content (AvgIpc) is 3.89. The third-order valence-corrected chi connectivity index (χ3v) is 14.8. The summed E-state index contributed by atoms with van der Waals surface area (Å²) >= 11 is 0. The molecule has 260 valence electrons. The van der Waals surface area contributed by atoms with E-state index in [2.05, 4.69) is 147 Å². The maximum Gasteiger partial charge on any atom is 0.206 e. The summed E-state index contributed by atoms with van der Waals surface area (Å²) < 4.78 is 30.6. The van der Waals surface area contributed by atoms with E-state index in [1.54, 1.807) is 0 Å². The van der Waals surface area contributed by atoms with Crippen molar-refractivity contribution in [3.05, 3.63) is 225 Å². The summed E-state index contributed by atoms with van der Waals surface area (Å²) in [7, 11) is -3.98. The lowest BCUT2D eigenvalue weighted by Crippen LogP contribution is -2.26. The lowest BCUT2D eigenvalue weighted by atomic mass is 9.70. The maximum absolute atomic E-state index is 15.3. The maximum atomic E-state index is 15.3. The molecule has 55 heavy (non-hydrogen) atoms. The molecule has 12 rings (SSSR count). The average molecular weight is 723 g/mol. The number of aryl methyl sites for hydroxylation is 2. The Morgan fingerprint density at radius 2 is 0.582 bits per heavy atom. The molecule has 3 heteroatoms. The van der Waals surface area contributed by atoms with Crippen LogP contribution in [0.1, 0.15) is 55.6 Å². The minimum atomic E-state index is -3.98. The Morgan fingerprint density at radius 1 is 0.309 bits per heavy atom. The number of benzene rings is 8. The molecule has 0 atom stereocenters. The smallest absolute Gasteiger partial charge is 0.206 e. The van der Waals surface area contributed by atoms with Gasteiger partial charge in [0.05, 0.1) is 20.6 Å². The second kappa shape index (κ2) is 10.5. The highest BCUT2D eigenvalue weighted by molar-refractivity contribution is 7.91. The van der Waals surface area contributed by atoms with Crippen molar-refractivity contribution in [1.29, 1.82) is 0 Å². The van der Waals surface area contributed by atoms with Gasteiger partial charge in [0.2, 0.25) is 9.84 Å². The van der Waals surface area contributed by atoms with E-state index in [0.717, 1.165) is 33.4 Å². The van der Waals surface area contributed by atoms with Crippen molar-refractivity contribution in [1.82, 2.24) is 0 Å². The molecule has 8 aromatic rings. The first kappa shape index (κ1) is 31.1. The van der Waals surface area contributed by atoms with Crippen LogP contribution in [0.4, 0.5) is 0 Å². The van der Waals surface area contributed by atoms with Crippen LogP contribution in [0, 0.1) is 13.8 Å². The summed E-state index contributed by atoms with van der Waals surface area (Å²) in [6.07, 6.45) is 0. The van der Waals surface area contributed by atoms with Crippen molar-refractivity contribution in [3.63, 3.8) is 0 Å². The third kappa shape index (κ3) is 3.63. The van der Waals surface area contributed by atoms with Crippen LogP contribution in [0.25, 0.3) is 44.5 Å². The molecule has 0 saturated carbocycles. The normalized spacial score (nSPS) is 15.2. The van der Waals surface area contributed by atoms with Gasteiger partial charge in [0.25, 0.3) is 0 Å². The van der Waals surface area contributed by atoms with Crippen molar-refractivity contribution < 1.29 is 8.42 Å². The van der Waals surface area contributed by atoms with Gasteiger partial charge in [-0.3, -0.25) is 0 Å². The van der Waals surface area contributed by atoms with Crippen molar-refractivity contribution in [2.45, 2.75) is 34.5 Å². The molecule has 2 nitrogen and oxygen atoms in total. The van der Waals surface area contributed by atoms with Crippen LogP contribution in [0.5, 0.6) is 0 Å². The van der Waals surface area contributed by atoms with Gasteiger partial charge >= 0.3 is 0 Å². The topological polar surface area (TPSA) is 34.1 Å². The minimum Gasteiger partial charge on any atom is -0.219 e. The van der Waals surface area contributed by atoms with Gasteiger partial charge in [-0.1, -0.05) is 157 Å². The second-order valence-corrected chi connectivity index (χ2v) is 17.6. The van der Waals surface area contributed by atoms with E-state index in [-0.39, 0.29) is 0 Å². The van der Waals surface area contributed by atoms with Crippen LogP contribution in [-0.4, -0.2) is 8.42 Å². The first-order chi connectivity index (χ1) is 26.8. The monoisotopic (exact) mass is 722 g/mol. The van der Waals surface area contributed by atoms with E-state index in [4.69, 9.17) is 0 Å². The number of sulfone groups is 1. The van der Waals surface area contributed by atoms with Crippen LogP contribution in [0.3, 0.4) is 0 Å². The van der Waals surface area contributed by atoms with E-state index < -0.39 is 20.7 Å². The van der Waals surface area contributed by atoms with Gasteiger partial charge in [-0.15, -0.1) is 0 Å². The fourth-order valence-electron chi connectivity index (χ4n) is 10.9. The van der Waals surface area contributed by atoms with Crippen molar-refractivity contribution >= 4 is 9.84 Å². The van der Waals surface area contributed by atoms with Crippen LogP contribution in [0.2, 0.25) is 0 Å². The van der Waals surface area contributed by atoms with Gasteiger partial charge in [0, 0.05) is 0 Å². The molecule has 0 aliphatic heterocycles. The molecule has 0 amide bonds. The molecular weight excluding hydrogens is 689 g/mol.